The highest BCUT2D eigenvalue weighted by Gasteiger charge is 2.34. The molecule has 0 aromatic carbocycles. The zero-order chi connectivity index (χ0) is 14.9. The molecule has 0 saturated carbocycles. The van der Waals surface area contributed by atoms with Gasteiger partial charge in [0.25, 0.3) is 15.9 Å². The van der Waals surface area contributed by atoms with E-state index in [2.05, 4.69) is 4.72 Å². The number of sulfonamides is 1. The van der Waals surface area contributed by atoms with Crippen LogP contribution < -0.4 is 4.72 Å². The summed E-state index contributed by atoms with van der Waals surface area (Å²) < 4.78 is 26.9. The minimum atomic E-state index is -3.74. The molecule has 7 heteroatoms. The molecule has 1 saturated heterocycles. The van der Waals surface area contributed by atoms with Gasteiger partial charge in [-0.15, -0.1) is 11.3 Å². The maximum absolute atomic E-state index is 12.3. The average molecular weight is 316 g/mol. The highest BCUT2D eigenvalue weighted by molar-refractivity contribution is 7.92. The SMILES string of the molecule is Cc1ccsc1S(=O)(=O)NC(=O)C1CCCN1C(C)C. The fourth-order valence-corrected chi connectivity index (χ4v) is 5.00. The van der Waals surface area contributed by atoms with Crippen LogP contribution in [0.3, 0.4) is 0 Å². The normalized spacial score (nSPS) is 20.5. The summed E-state index contributed by atoms with van der Waals surface area (Å²) in [5.74, 6) is -0.413. The molecule has 1 atom stereocenters. The lowest BCUT2D eigenvalue weighted by atomic mass is 10.2. The van der Waals surface area contributed by atoms with E-state index < -0.39 is 15.9 Å². The molecule has 1 aliphatic heterocycles. The molecule has 0 aliphatic carbocycles. The second kappa shape index (κ2) is 5.83. The van der Waals surface area contributed by atoms with E-state index in [9.17, 15) is 13.2 Å². The van der Waals surface area contributed by atoms with Gasteiger partial charge >= 0.3 is 0 Å². The van der Waals surface area contributed by atoms with Gasteiger partial charge in [0.05, 0.1) is 6.04 Å². The van der Waals surface area contributed by atoms with Crippen LogP contribution in [0.15, 0.2) is 15.7 Å². The molecule has 1 aromatic heterocycles. The van der Waals surface area contributed by atoms with Crippen molar-refractivity contribution in [3.8, 4) is 0 Å². The van der Waals surface area contributed by atoms with Gasteiger partial charge in [0.15, 0.2) is 0 Å². The minimum absolute atomic E-state index is 0.222. The smallest absolute Gasteiger partial charge is 0.273 e. The number of rotatable bonds is 4. The Morgan fingerprint density at radius 3 is 2.75 bits per heavy atom. The number of thiophene rings is 1. The van der Waals surface area contributed by atoms with Crippen molar-refractivity contribution in [1.29, 1.82) is 0 Å². The van der Waals surface area contributed by atoms with Crippen molar-refractivity contribution < 1.29 is 13.2 Å². The number of nitrogens with one attached hydrogen (secondary N) is 1. The summed E-state index contributed by atoms with van der Waals surface area (Å²) in [5.41, 5.74) is 0.669. The predicted molar refractivity (Wildman–Crippen MR) is 79.2 cm³/mol. The topological polar surface area (TPSA) is 66.5 Å². The standard InChI is InChI=1S/C13H20N2O3S2/c1-9(2)15-7-4-5-11(15)12(16)14-20(17,18)13-10(3)6-8-19-13/h6,8-9,11H,4-5,7H2,1-3H3,(H,14,16). The van der Waals surface area contributed by atoms with Crippen LogP contribution in [0.4, 0.5) is 0 Å². The van der Waals surface area contributed by atoms with E-state index in [-0.39, 0.29) is 16.3 Å². The number of hydrogen-bond donors (Lipinski definition) is 1. The molecule has 2 heterocycles. The van der Waals surface area contributed by atoms with Crippen LogP contribution in [0.2, 0.25) is 0 Å². The Morgan fingerprint density at radius 2 is 2.20 bits per heavy atom. The first-order valence-electron chi connectivity index (χ1n) is 6.69. The Balaban J connectivity index is 2.14. The van der Waals surface area contributed by atoms with E-state index in [1.807, 2.05) is 18.7 Å². The average Bonchev–Trinajstić information content (AvgIpc) is 2.95. The molecule has 0 radical (unpaired) electrons. The van der Waals surface area contributed by atoms with Crippen LogP contribution in [0, 0.1) is 6.92 Å². The van der Waals surface area contributed by atoms with Gasteiger partial charge in [-0.05, 0) is 57.2 Å². The summed E-state index contributed by atoms with van der Waals surface area (Å²) in [6, 6.07) is 1.63. The third-order valence-corrected chi connectivity index (χ3v) is 6.59. The largest absolute Gasteiger partial charge is 0.290 e. The van der Waals surface area contributed by atoms with Gasteiger partial charge in [0, 0.05) is 6.04 Å². The Labute approximate surface area is 124 Å². The van der Waals surface area contributed by atoms with Gasteiger partial charge in [0.1, 0.15) is 4.21 Å². The quantitative estimate of drug-likeness (QED) is 0.919. The molecule has 1 aliphatic rings. The molecule has 5 nitrogen and oxygen atoms in total. The molecule has 0 bridgehead atoms. The van der Waals surface area contributed by atoms with Crippen LogP contribution in [0.25, 0.3) is 0 Å². The van der Waals surface area contributed by atoms with Crippen molar-refractivity contribution in [2.24, 2.45) is 0 Å². The van der Waals surface area contributed by atoms with Crippen LogP contribution in [-0.4, -0.2) is 37.9 Å². The number of amides is 1. The molecular formula is C13H20N2O3S2. The zero-order valence-electron chi connectivity index (χ0n) is 11.9. The molecule has 1 aromatic rings. The number of aryl methyl sites for hydroxylation is 1. The Hall–Kier alpha value is -0.920. The molecule has 1 amide bonds. The van der Waals surface area contributed by atoms with Crippen molar-refractivity contribution in [3.63, 3.8) is 0 Å². The third kappa shape index (κ3) is 3.05. The summed E-state index contributed by atoms with van der Waals surface area (Å²) in [7, 11) is -3.74. The fraction of sp³-hybridized carbons (Fsp3) is 0.615. The monoisotopic (exact) mass is 316 g/mol. The second-order valence-electron chi connectivity index (χ2n) is 5.35. The lowest BCUT2D eigenvalue weighted by Gasteiger charge is -2.27. The summed E-state index contributed by atoms with van der Waals surface area (Å²) >= 11 is 1.13. The van der Waals surface area contributed by atoms with Crippen LogP contribution in [-0.2, 0) is 14.8 Å². The van der Waals surface area contributed by atoms with E-state index >= 15 is 0 Å². The van der Waals surface area contributed by atoms with Crippen molar-refractivity contribution in [1.82, 2.24) is 9.62 Å². The van der Waals surface area contributed by atoms with Crippen LogP contribution in [0.1, 0.15) is 32.3 Å². The predicted octanol–water partition coefficient (Wildman–Crippen LogP) is 1.73. The van der Waals surface area contributed by atoms with E-state index in [4.69, 9.17) is 0 Å². The number of carbonyl (C=O) groups excluding carboxylic acids is 1. The Morgan fingerprint density at radius 1 is 1.50 bits per heavy atom. The lowest BCUT2D eigenvalue weighted by molar-refractivity contribution is -0.124. The zero-order valence-corrected chi connectivity index (χ0v) is 13.6. The summed E-state index contributed by atoms with van der Waals surface area (Å²) in [4.78, 5) is 14.3. The van der Waals surface area contributed by atoms with Gasteiger partial charge in [0.2, 0.25) is 0 Å². The van der Waals surface area contributed by atoms with E-state index in [0.29, 0.717) is 12.0 Å². The number of nitrogens with zero attached hydrogens (tertiary/aromatic N) is 1. The Bertz CT molecular complexity index is 593. The fourth-order valence-electron chi connectivity index (χ4n) is 2.57. The van der Waals surface area contributed by atoms with E-state index in [1.165, 1.54) is 0 Å². The van der Waals surface area contributed by atoms with Gasteiger partial charge < -0.3 is 0 Å². The highest BCUT2D eigenvalue weighted by atomic mass is 32.2. The van der Waals surface area contributed by atoms with E-state index in [1.54, 1.807) is 18.4 Å². The van der Waals surface area contributed by atoms with Crippen molar-refractivity contribution in [2.45, 2.75) is 49.9 Å². The molecule has 1 unspecified atom stereocenters. The van der Waals surface area contributed by atoms with Crippen LogP contribution >= 0.6 is 11.3 Å². The molecule has 1 fully saturated rings. The summed E-state index contributed by atoms with van der Waals surface area (Å²) in [6.07, 6.45) is 1.64. The third-order valence-electron chi connectivity index (χ3n) is 3.55. The molecular weight excluding hydrogens is 296 g/mol. The first-order chi connectivity index (χ1) is 9.33. The first kappa shape index (κ1) is 15.5. The minimum Gasteiger partial charge on any atom is -0.290 e. The second-order valence-corrected chi connectivity index (χ2v) is 8.14. The number of carbonyl (C=O) groups is 1. The molecule has 20 heavy (non-hydrogen) atoms. The summed E-state index contributed by atoms with van der Waals surface area (Å²) in [5, 5.41) is 1.71. The van der Waals surface area contributed by atoms with Gasteiger partial charge in [-0.2, -0.15) is 0 Å². The van der Waals surface area contributed by atoms with Crippen LogP contribution in [0.5, 0.6) is 0 Å². The Kier molecular flexibility index (Phi) is 4.51. The molecule has 112 valence electrons. The van der Waals surface area contributed by atoms with Crippen molar-refractivity contribution in [2.75, 3.05) is 6.54 Å². The number of likely N-dealkylation sites (tertiary alicyclic amines) is 1. The van der Waals surface area contributed by atoms with Crippen molar-refractivity contribution >= 4 is 27.3 Å². The van der Waals surface area contributed by atoms with Gasteiger partial charge in [-0.25, -0.2) is 13.1 Å². The molecule has 0 spiro atoms. The summed E-state index contributed by atoms with van der Waals surface area (Å²) in [6.45, 7) is 6.60. The number of hydrogen-bond acceptors (Lipinski definition) is 5. The van der Waals surface area contributed by atoms with E-state index in [0.717, 1.165) is 24.3 Å². The molecule has 1 N–H and O–H groups in total. The van der Waals surface area contributed by atoms with Gasteiger partial charge in [-0.1, -0.05) is 0 Å². The first-order valence-corrected chi connectivity index (χ1v) is 9.05. The van der Waals surface area contributed by atoms with Gasteiger partial charge in [-0.3, -0.25) is 9.69 Å². The highest BCUT2D eigenvalue weighted by Crippen LogP contribution is 2.23. The maximum Gasteiger partial charge on any atom is 0.273 e. The maximum atomic E-state index is 12.3. The molecule has 2 rings (SSSR count). The lowest BCUT2D eigenvalue weighted by Crippen LogP contribution is -2.47. The van der Waals surface area contributed by atoms with Crippen molar-refractivity contribution in [3.05, 3.63) is 17.0 Å².